The average Bonchev–Trinajstić information content (AvgIpc) is 2.98. The SMILES string of the molecule is CC1(C)C=C(O)C=CC(OC(F)(F)C2=CC(C)(CCCCS)C3=CC(C)(C)C=C(O)C=C3C=C2)=C1. The molecule has 35 heavy (non-hydrogen) atoms. The van der Waals surface area contributed by atoms with Crippen molar-refractivity contribution in [2.24, 2.45) is 16.2 Å². The molecule has 0 fully saturated rings. The molecule has 0 heterocycles. The van der Waals surface area contributed by atoms with Gasteiger partial charge in [0, 0.05) is 16.2 Å². The maximum atomic E-state index is 15.7. The number of halogens is 2. The number of allylic oxidation sites excluding steroid dienone is 11. The Balaban J connectivity index is 2.07. The van der Waals surface area contributed by atoms with E-state index in [0.717, 1.165) is 24.2 Å². The Morgan fingerprint density at radius 2 is 1.49 bits per heavy atom. The van der Waals surface area contributed by atoms with E-state index >= 15 is 8.78 Å². The van der Waals surface area contributed by atoms with Crippen LogP contribution in [0.4, 0.5) is 8.78 Å². The molecule has 0 aromatic heterocycles. The Labute approximate surface area is 213 Å². The van der Waals surface area contributed by atoms with Crippen LogP contribution in [0.15, 0.2) is 94.8 Å². The van der Waals surface area contributed by atoms with E-state index in [4.69, 9.17) is 4.74 Å². The molecule has 0 amide bonds. The first-order valence-electron chi connectivity index (χ1n) is 11.9. The van der Waals surface area contributed by atoms with E-state index in [9.17, 15) is 10.2 Å². The maximum absolute atomic E-state index is 15.7. The Kier molecular flexibility index (Phi) is 7.66. The fourth-order valence-electron chi connectivity index (χ4n) is 4.75. The van der Waals surface area contributed by atoms with Gasteiger partial charge in [0.05, 0.1) is 5.57 Å². The summed E-state index contributed by atoms with van der Waals surface area (Å²) < 4.78 is 36.6. The lowest BCUT2D eigenvalue weighted by molar-refractivity contribution is -0.177. The average molecular weight is 503 g/mol. The van der Waals surface area contributed by atoms with Crippen molar-refractivity contribution in [1.82, 2.24) is 0 Å². The van der Waals surface area contributed by atoms with Crippen LogP contribution in [-0.2, 0) is 4.74 Å². The van der Waals surface area contributed by atoms with Crippen molar-refractivity contribution >= 4 is 12.6 Å². The first-order valence-corrected chi connectivity index (χ1v) is 12.6. The Morgan fingerprint density at radius 1 is 0.829 bits per heavy atom. The molecular weight excluding hydrogens is 466 g/mol. The van der Waals surface area contributed by atoms with Crippen molar-refractivity contribution in [3.05, 3.63) is 94.8 Å². The molecule has 190 valence electrons. The fourth-order valence-corrected chi connectivity index (χ4v) is 4.98. The van der Waals surface area contributed by atoms with Gasteiger partial charge in [-0.3, -0.25) is 0 Å². The van der Waals surface area contributed by atoms with Crippen LogP contribution in [0.2, 0.25) is 0 Å². The standard InChI is InChI=1S/C29H36F2O3S/c1-26(2)16-22(32)10-11-24(18-26)34-29(30,31)21-9-8-20-14-23(33)17-27(3,4)19-25(20)28(5,15-21)12-6-7-13-35/h8-11,14-19,32-33,35H,6-7,12-13H2,1-5H3. The summed E-state index contributed by atoms with van der Waals surface area (Å²) in [5, 5.41) is 20.4. The molecule has 3 aliphatic carbocycles. The van der Waals surface area contributed by atoms with E-state index in [0.29, 0.717) is 12.0 Å². The quantitative estimate of drug-likeness (QED) is 0.242. The predicted octanol–water partition coefficient (Wildman–Crippen LogP) is 8.45. The van der Waals surface area contributed by atoms with Gasteiger partial charge in [0.2, 0.25) is 0 Å². The van der Waals surface area contributed by atoms with Crippen molar-refractivity contribution < 1.29 is 23.7 Å². The molecule has 1 atom stereocenters. The summed E-state index contributed by atoms with van der Waals surface area (Å²) in [4.78, 5) is 0. The summed E-state index contributed by atoms with van der Waals surface area (Å²) in [6, 6.07) is 0. The van der Waals surface area contributed by atoms with Gasteiger partial charge in [-0.05, 0) is 72.3 Å². The third-order valence-electron chi connectivity index (χ3n) is 6.32. The monoisotopic (exact) mass is 502 g/mol. The number of unbranched alkanes of at least 4 members (excludes halogenated alkanes) is 1. The second-order valence-electron chi connectivity index (χ2n) is 11.0. The second kappa shape index (κ2) is 9.88. The molecule has 0 saturated heterocycles. The molecule has 0 spiro atoms. The minimum Gasteiger partial charge on any atom is -0.508 e. The first-order chi connectivity index (χ1) is 16.1. The molecule has 3 aliphatic rings. The molecule has 0 aromatic rings. The minimum atomic E-state index is -3.62. The summed E-state index contributed by atoms with van der Waals surface area (Å²) in [5.74, 6) is 0.794. The van der Waals surface area contributed by atoms with Gasteiger partial charge in [-0.2, -0.15) is 21.4 Å². The third-order valence-corrected chi connectivity index (χ3v) is 6.64. The zero-order valence-electron chi connectivity index (χ0n) is 21.1. The van der Waals surface area contributed by atoms with E-state index in [1.807, 2.05) is 20.8 Å². The van der Waals surface area contributed by atoms with Crippen LogP contribution in [0, 0.1) is 16.2 Å². The lowest BCUT2D eigenvalue weighted by atomic mass is 9.72. The van der Waals surface area contributed by atoms with Gasteiger partial charge in [-0.1, -0.05) is 59.3 Å². The zero-order chi connectivity index (χ0) is 26.1. The van der Waals surface area contributed by atoms with Crippen LogP contribution < -0.4 is 0 Å². The van der Waals surface area contributed by atoms with Gasteiger partial charge >= 0.3 is 6.11 Å². The third kappa shape index (κ3) is 6.81. The van der Waals surface area contributed by atoms with Crippen molar-refractivity contribution in [3.8, 4) is 0 Å². The van der Waals surface area contributed by atoms with Crippen LogP contribution in [0.3, 0.4) is 0 Å². The topological polar surface area (TPSA) is 49.7 Å². The summed E-state index contributed by atoms with van der Waals surface area (Å²) in [6.45, 7) is 9.52. The molecule has 1 unspecified atom stereocenters. The number of alkyl halides is 2. The normalized spacial score (nSPS) is 25.5. The summed E-state index contributed by atoms with van der Waals surface area (Å²) >= 11 is 4.31. The second-order valence-corrected chi connectivity index (χ2v) is 11.4. The van der Waals surface area contributed by atoms with Crippen LogP contribution in [0.25, 0.3) is 0 Å². The summed E-state index contributed by atoms with van der Waals surface area (Å²) in [7, 11) is 0. The number of hydrogen-bond donors (Lipinski definition) is 3. The van der Waals surface area contributed by atoms with Gasteiger partial charge in [-0.25, -0.2) is 0 Å². The molecule has 0 aliphatic heterocycles. The van der Waals surface area contributed by atoms with E-state index < -0.39 is 22.4 Å². The van der Waals surface area contributed by atoms with Crippen LogP contribution in [0.5, 0.6) is 0 Å². The van der Waals surface area contributed by atoms with Gasteiger partial charge < -0.3 is 14.9 Å². The van der Waals surface area contributed by atoms with Gasteiger partial charge in [-0.15, -0.1) is 0 Å². The Bertz CT molecular complexity index is 1100. The summed E-state index contributed by atoms with van der Waals surface area (Å²) in [5.41, 5.74) is -0.494. The molecule has 0 bridgehead atoms. The molecule has 0 radical (unpaired) electrons. The number of aliphatic hydroxyl groups is 2. The molecule has 6 heteroatoms. The fraction of sp³-hybridized carbons (Fsp3) is 0.448. The highest BCUT2D eigenvalue weighted by atomic mass is 32.1. The highest BCUT2D eigenvalue weighted by Crippen LogP contribution is 2.48. The highest BCUT2D eigenvalue weighted by molar-refractivity contribution is 7.80. The van der Waals surface area contributed by atoms with E-state index in [-0.39, 0.29) is 22.9 Å². The van der Waals surface area contributed by atoms with E-state index in [1.165, 1.54) is 18.2 Å². The summed E-state index contributed by atoms with van der Waals surface area (Å²) in [6.07, 6.45) is 14.6. The highest BCUT2D eigenvalue weighted by Gasteiger charge is 2.42. The van der Waals surface area contributed by atoms with Crippen molar-refractivity contribution in [3.63, 3.8) is 0 Å². The number of ether oxygens (including phenoxy) is 1. The number of rotatable bonds is 7. The Morgan fingerprint density at radius 3 is 2.17 bits per heavy atom. The van der Waals surface area contributed by atoms with E-state index in [1.54, 1.807) is 50.3 Å². The van der Waals surface area contributed by atoms with Crippen molar-refractivity contribution in [1.29, 1.82) is 0 Å². The van der Waals surface area contributed by atoms with Gasteiger partial charge in [0.1, 0.15) is 17.3 Å². The van der Waals surface area contributed by atoms with Crippen LogP contribution in [-0.4, -0.2) is 22.1 Å². The number of hydrogen-bond acceptors (Lipinski definition) is 4. The van der Waals surface area contributed by atoms with Crippen molar-refractivity contribution in [2.45, 2.75) is 60.0 Å². The number of aliphatic hydroxyl groups excluding tert-OH is 2. The molecule has 2 N–H and O–H groups in total. The zero-order valence-corrected chi connectivity index (χ0v) is 22.0. The van der Waals surface area contributed by atoms with E-state index in [2.05, 4.69) is 18.7 Å². The molecular formula is C29H36F2O3S. The van der Waals surface area contributed by atoms with Crippen LogP contribution in [0.1, 0.15) is 53.9 Å². The minimum absolute atomic E-state index is 0.00648. The molecule has 3 rings (SSSR count). The molecule has 0 aromatic carbocycles. The number of fused-ring (bicyclic) bond motifs is 1. The predicted molar refractivity (Wildman–Crippen MR) is 141 cm³/mol. The lowest BCUT2D eigenvalue weighted by Gasteiger charge is -2.32. The smallest absolute Gasteiger partial charge is 0.426 e. The molecule has 3 nitrogen and oxygen atoms in total. The lowest BCUT2D eigenvalue weighted by Crippen LogP contribution is -2.26. The Hall–Kier alpha value is -2.47. The molecule has 0 saturated carbocycles. The first kappa shape index (κ1) is 27.1. The largest absolute Gasteiger partial charge is 0.508 e. The number of thiol groups is 1. The van der Waals surface area contributed by atoms with Crippen molar-refractivity contribution in [2.75, 3.05) is 5.75 Å². The maximum Gasteiger partial charge on any atom is 0.426 e. The van der Waals surface area contributed by atoms with Gasteiger partial charge in [0.15, 0.2) is 0 Å². The van der Waals surface area contributed by atoms with Crippen LogP contribution >= 0.6 is 12.6 Å². The van der Waals surface area contributed by atoms with Gasteiger partial charge in [0.25, 0.3) is 0 Å².